The van der Waals surface area contributed by atoms with Crippen LogP contribution in [0.3, 0.4) is 0 Å². The number of carbonyl (C=O) groups is 2. The quantitative estimate of drug-likeness (QED) is 0.202. The van der Waals surface area contributed by atoms with Gasteiger partial charge in [-0.25, -0.2) is 13.1 Å². The molecule has 11 heteroatoms. The minimum atomic E-state index is -3.78. The second kappa shape index (κ2) is 14.4. The first-order valence-electron chi connectivity index (χ1n) is 11.3. The molecule has 0 heterocycles. The molecule has 2 N–H and O–H groups in total. The van der Waals surface area contributed by atoms with Gasteiger partial charge in [-0.15, -0.1) is 0 Å². The lowest BCUT2D eigenvalue weighted by molar-refractivity contribution is -0.126. The van der Waals surface area contributed by atoms with Crippen LogP contribution in [-0.4, -0.2) is 64.6 Å². The summed E-state index contributed by atoms with van der Waals surface area (Å²) in [5.41, 5.74) is 0.924. The number of hydrogen-bond donors (Lipinski definition) is 2. The number of rotatable bonds is 15. The fourth-order valence-electron chi connectivity index (χ4n) is 3.39. The molecular formula is C24H34N4O4S3. The third-order valence-electron chi connectivity index (χ3n) is 5.05. The van der Waals surface area contributed by atoms with Crippen LogP contribution in [0.15, 0.2) is 52.9 Å². The average molecular weight is 539 g/mol. The van der Waals surface area contributed by atoms with Crippen LogP contribution in [0.2, 0.25) is 0 Å². The van der Waals surface area contributed by atoms with Gasteiger partial charge >= 0.3 is 0 Å². The molecule has 192 valence electrons. The molecule has 35 heavy (non-hydrogen) atoms. The van der Waals surface area contributed by atoms with Crippen LogP contribution in [0.5, 0.6) is 0 Å². The summed E-state index contributed by atoms with van der Waals surface area (Å²) in [6, 6.07) is 10.7. The maximum absolute atomic E-state index is 12.9. The minimum absolute atomic E-state index is 0.0244. The van der Waals surface area contributed by atoms with E-state index in [2.05, 4.69) is 23.9 Å². The van der Waals surface area contributed by atoms with Crippen LogP contribution in [0.25, 0.3) is 10.8 Å². The molecule has 0 spiro atoms. The predicted octanol–water partition coefficient (Wildman–Crippen LogP) is 3.80. The third kappa shape index (κ3) is 9.06. The first kappa shape index (κ1) is 29.0. The number of nitrogens with zero attached hydrogens (tertiary/aromatic N) is 2. The zero-order chi connectivity index (χ0) is 25.8. The van der Waals surface area contributed by atoms with E-state index >= 15 is 0 Å². The van der Waals surface area contributed by atoms with Gasteiger partial charge in [-0.05, 0) is 24.0 Å². The summed E-state index contributed by atoms with van der Waals surface area (Å²) in [4.78, 5) is 26.8. The van der Waals surface area contributed by atoms with Gasteiger partial charge in [0.05, 0.1) is 4.90 Å². The van der Waals surface area contributed by atoms with Gasteiger partial charge in [-0.1, -0.05) is 66.1 Å². The molecular weight excluding hydrogens is 504 g/mol. The highest BCUT2D eigenvalue weighted by molar-refractivity contribution is 8.78. The zero-order valence-electron chi connectivity index (χ0n) is 20.6. The Morgan fingerprint density at radius 3 is 2.51 bits per heavy atom. The summed E-state index contributed by atoms with van der Waals surface area (Å²) in [6.45, 7) is 4.27. The lowest BCUT2D eigenvalue weighted by Crippen LogP contribution is -2.39. The van der Waals surface area contributed by atoms with Crippen LogP contribution in [0, 0.1) is 0 Å². The summed E-state index contributed by atoms with van der Waals surface area (Å²) >= 11 is 0. The number of fused-ring (bicyclic) bond motifs is 1. The SMILES string of the molecule is CCCC(C)SS/C=C/N(C=O)CC(=O)NCCNS(=O)(=O)c1cccc2c(N(C)C)cccc12. The van der Waals surface area contributed by atoms with Crippen molar-refractivity contribution >= 4 is 60.4 Å². The number of amides is 2. The number of hydrogen-bond acceptors (Lipinski definition) is 7. The minimum Gasteiger partial charge on any atom is -0.377 e. The van der Waals surface area contributed by atoms with Gasteiger partial charge in [-0.2, -0.15) is 0 Å². The standard InChI is InChI=1S/C24H34N4O4S3/c1-5-8-19(2)34-33-16-15-28(18-29)17-24(30)25-13-14-26-35(31,32)23-12-7-9-20-21(23)10-6-11-22(20)27(3)4/h6-7,9-12,15-16,18-19,26H,5,8,13-14,17H2,1-4H3,(H,25,30)/b16-15+. The van der Waals surface area contributed by atoms with Crippen LogP contribution in [0.1, 0.15) is 26.7 Å². The lowest BCUT2D eigenvalue weighted by atomic mass is 10.1. The normalized spacial score (nSPS) is 12.6. The smallest absolute Gasteiger partial charge is 0.241 e. The summed E-state index contributed by atoms with van der Waals surface area (Å²) in [6.07, 6.45) is 4.39. The molecule has 2 aromatic rings. The molecule has 1 atom stereocenters. The van der Waals surface area contributed by atoms with Gasteiger partial charge in [0.25, 0.3) is 0 Å². The number of carbonyl (C=O) groups excluding carboxylic acids is 2. The first-order chi connectivity index (χ1) is 16.7. The van der Waals surface area contributed by atoms with Gasteiger partial charge < -0.3 is 15.1 Å². The van der Waals surface area contributed by atoms with Crippen molar-refractivity contribution < 1.29 is 18.0 Å². The van der Waals surface area contributed by atoms with Crippen LogP contribution < -0.4 is 14.9 Å². The Hall–Kier alpha value is -2.21. The van der Waals surface area contributed by atoms with Crippen LogP contribution in [0.4, 0.5) is 5.69 Å². The Morgan fingerprint density at radius 1 is 1.11 bits per heavy atom. The van der Waals surface area contributed by atoms with Gasteiger partial charge in [0, 0.05) is 55.1 Å². The monoisotopic (exact) mass is 538 g/mol. The fourth-order valence-corrected chi connectivity index (χ4v) is 6.63. The van der Waals surface area contributed by atoms with Gasteiger partial charge in [0.2, 0.25) is 22.3 Å². The van der Waals surface area contributed by atoms with Crippen LogP contribution in [-0.2, 0) is 19.6 Å². The Balaban J connectivity index is 1.87. The highest BCUT2D eigenvalue weighted by Gasteiger charge is 2.18. The predicted molar refractivity (Wildman–Crippen MR) is 148 cm³/mol. The van der Waals surface area contributed by atoms with E-state index in [-0.39, 0.29) is 30.4 Å². The summed E-state index contributed by atoms with van der Waals surface area (Å²) in [5, 5.41) is 6.39. The van der Waals surface area contributed by atoms with Crippen molar-refractivity contribution in [1.29, 1.82) is 0 Å². The van der Waals surface area contributed by atoms with Crippen molar-refractivity contribution in [3.05, 3.63) is 48.0 Å². The highest BCUT2D eigenvalue weighted by Crippen LogP contribution is 2.31. The molecule has 0 aliphatic rings. The van der Waals surface area contributed by atoms with Crippen molar-refractivity contribution in [3.8, 4) is 0 Å². The molecule has 0 bridgehead atoms. The van der Waals surface area contributed by atoms with Gasteiger partial charge in [-0.3, -0.25) is 9.59 Å². The van der Waals surface area contributed by atoms with E-state index in [1.807, 2.05) is 37.2 Å². The van der Waals surface area contributed by atoms with E-state index in [0.29, 0.717) is 17.0 Å². The van der Waals surface area contributed by atoms with Crippen molar-refractivity contribution in [3.63, 3.8) is 0 Å². The molecule has 0 saturated heterocycles. The summed E-state index contributed by atoms with van der Waals surface area (Å²) < 4.78 is 28.4. The van der Waals surface area contributed by atoms with E-state index in [4.69, 9.17) is 0 Å². The molecule has 0 saturated carbocycles. The van der Waals surface area contributed by atoms with E-state index in [1.54, 1.807) is 40.6 Å². The Bertz CT molecular complexity index is 1120. The zero-order valence-corrected chi connectivity index (χ0v) is 23.0. The molecule has 2 amide bonds. The van der Waals surface area contributed by atoms with Crippen molar-refractivity contribution in [2.24, 2.45) is 0 Å². The van der Waals surface area contributed by atoms with Gasteiger partial charge in [0.1, 0.15) is 6.54 Å². The number of anilines is 1. The largest absolute Gasteiger partial charge is 0.377 e. The van der Waals surface area contributed by atoms with Crippen molar-refractivity contribution in [1.82, 2.24) is 14.9 Å². The highest BCUT2D eigenvalue weighted by atomic mass is 33.1. The van der Waals surface area contributed by atoms with Crippen molar-refractivity contribution in [2.75, 3.05) is 38.6 Å². The molecule has 8 nitrogen and oxygen atoms in total. The topological polar surface area (TPSA) is 98.8 Å². The molecule has 2 rings (SSSR count). The number of nitrogens with one attached hydrogen (secondary N) is 2. The molecule has 0 aromatic heterocycles. The summed E-state index contributed by atoms with van der Waals surface area (Å²) in [5.74, 6) is -0.376. The number of sulfonamides is 1. The lowest BCUT2D eigenvalue weighted by Gasteiger charge is -2.17. The van der Waals surface area contributed by atoms with E-state index in [9.17, 15) is 18.0 Å². The molecule has 0 fully saturated rings. The molecule has 0 aliphatic carbocycles. The second-order valence-electron chi connectivity index (χ2n) is 8.13. The second-order valence-corrected chi connectivity index (χ2v) is 12.5. The van der Waals surface area contributed by atoms with Crippen LogP contribution >= 0.6 is 21.6 Å². The molecule has 0 aliphatic heterocycles. The fraction of sp³-hybridized carbons (Fsp3) is 0.417. The third-order valence-corrected chi connectivity index (χ3v) is 9.13. The molecule has 0 radical (unpaired) electrons. The Morgan fingerprint density at radius 2 is 1.83 bits per heavy atom. The van der Waals surface area contributed by atoms with E-state index in [0.717, 1.165) is 23.9 Å². The average Bonchev–Trinajstić information content (AvgIpc) is 2.83. The maximum Gasteiger partial charge on any atom is 0.241 e. The van der Waals surface area contributed by atoms with Gasteiger partial charge in [0.15, 0.2) is 0 Å². The van der Waals surface area contributed by atoms with E-state index < -0.39 is 10.0 Å². The maximum atomic E-state index is 12.9. The Kier molecular flexibility index (Phi) is 11.9. The molecule has 2 aromatic carbocycles. The Labute approximate surface area is 216 Å². The number of benzene rings is 2. The molecule has 1 unspecified atom stereocenters. The van der Waals surface area contributed by atoms with Crippen molar-refractivity contribution in [2.45, 2.75) is 36.8 Å². The summed E-state index contributed by atoms with van der Waals surface area (Å²) in [7, 11) is 3.26. The van der Waals surface area contributed by atoms with E-state index in [1.165, 1.54) is 15.7 Å². The first-order valence-corrected chi connectivity index (χ1v) is 15.1.